The molecule has 0 aliphatic carbocycles. The second kappa shape index (κ2) is 4.32. The molecule has 1 aromatic carbocycles. The molecule has 0 amide bonds. The van der Waals surface area contributed by atoms with Crippen LogP contribution in [0.2, 0.25) is 0 Å². The number of nitrogens with two attached hydrogens (primary N) is 1. The maximum absolute atomic E-state index is 5.70. The summed E-state index contributed by atoms with van der Waals surface area (Å²) >= 11 is 0. The molecule has 0 atom stereocenters. The molecule has 0 unspecified atom stereocenters. The fourth-order valence-electron chi connectivity index (χ4n) is 1.92. The SMILES string of the molecule is CCn1c(CN)ccc1-c1ccccc1. The summed E-state index contributed by atoms with van der Waals surface area (Å²) in [7, 11) is 0. The van der Waals surface area contributed by atoms with E-state index < -0.39 is 0 Å². The lowest BCUT2D eigenvalue weighted by Gasteiger charge is -2.09. The summed E-state index contributed by atoms with van der Waals surface area (Å²) < 4.78 is 2.26. The van der Waals surface area contributed by atoms with E-state index in [0.29, 0.717) is 6.54 Å². The van der Waals surface area contributed by atoms with Crippen LogP contribution in [0.25, 0.3) is 11.3 Å². The Morgan fingerprint density at radius 3 is 2.40 bits per heavy atom. The number of nitrogens with zero attached hydrogens (tertiary/aromatic N) is 1. The van der Waals surface area contributed by atoms with Crippen molar-refractivity contribution < 1.29 is 0 Å². The summed E-state index contributed by atoms with van der Waals surface area (Å²) in [5.74, 6) is 0. The van der Waals surface area contributed by atoms with Crippen LogP contribution >= 0.6 is 0 Å². The maximum Gasteiger partial charge on any atom is 0.0482 e. The third-order valence-electron chi connectivity index (χ3n) is 2.67. The van der Waals surface area contributed by atoms with Crippen molar-refractivity contribution in [2.75, 3.05) is 0 Å². The number of benzene rings is 1. The fraction of sp³-hybridized carbons (Fsp3) is 0.231. The lowest BCUT2D eigenvalue weighted by molar-refractivity contribution is 0.722. The minimum atomic E-state index is 0.598. The van der Waals surface area contributed by atoms with Crippen molar-refractivity contribution in [1.29, 1.82) is 0 Å². The first-order valence-corrected chi connectivity index (χ1v) is 5.30. The zero-order valence-electron chi connectivity index (χ0n) is 8.98. The van der Waals surface area contributed by atoms with Crippen LogP contribution in [-0.4, -0.2) is 4.57 Å². The second-order valence-corrected chi connectivity index (χ2v) is 3.52. The van der Waals surface area contributed by atoms with Gasteiger partial charge in [0.1, 0.15) is 0 Å². The Morgan fingerprint density at radius 2 is 1.80 bits per heavy atom. The van der Waals surface area contributed by atoms with E-state index in [0.717, 1.165) is 6.54 Å². The number of rotatable bonds is 3. The first kappa shape index (κ1) is 9.99. The van der Waals surface area contributed by atoms with Gasteiger partial charge < -0.3 is 10.3 Å². The largest absolute Gasteiger partial charge is 0.344 e. The van der Waals surface area contributed by atoms with Gasteiger partial charge in [0.15, 0.2) is 0 Å². The van der Waals surface area contributed by atoms with E-state index in [9.17, 15) is 0 Å². The molecular formula is C13H16N2. The monoisotopic (exact) mass is 200 g/mol. The van der Waals surface area contributed by atoms with Crippen LogP contribution in [0.1, 0.15) is 12.6 Å². The van der Waals surface area contributed by atoms with Crippen molar-refractivity contribution >= 4 is 0 Å². The Bertz CT molecular complexity index is 429. The van der Waals surface area contributed by atoms with Crippen molar-refractivity contribution in [3.8, 4) is 11.3 Å². The number of aromatic nitrogens is 1. The van der Waals surface area contributed by atoms with Crippen LogP contribution in [0.4, 0.5) is 0 Å². The van der Waals surface area contributed by atoms with Gasteiger partial charge in [0.05, 0.1) is 0 Å². The molecule has 2 nitrogen and oxygen atoms in total. The molecule has 0 radical (unpaired) electrons. The molecule has 2 N–H and O–H groups in total. The summed E-state index contributed by atoms with van der Waals surface area (Å²) in [6.07, 6.45) is 0. The predicted molar refractivity (Wildman–Crippen MR) is 63.4 cm³/mol. The molecular weight excluding hydrogens is 184 g/mol. The first-order chi connectivity index (χ1) is 7.36. The van der Waals surface area contributed by atoms with Gasteiger partial charge in [-0.15, -0.1) is 0 Å². The molecule has 0 saturated heterocycles. The van der Waals surface area contributed by atoms with Gasteiger partial charge in [0.25, 0.3) is 0 Å². The maximum atomic E-state index is 5.70. The molecule has 1 heterocycles. The smallest absolute Gasteiger partial charge is 0.0482 e. The van der Waals surface area contributed by atoms with Gasteiger partial charge in [0.2, 0.25) is 0 Å². The third kappa shape index (κ3) is 1.81. The van der Waals surface area contributed by atoms with E-state index in [1.54, 1.807) is 0 Å². The van der Waals surface area contributed by atoms with Gasteiger partial charge in [-0.25, -0.2) is 0 Å². The van der Waals surface area contributed by atoms with E-state index in [1.807, 2.05) is 6.07 Å². The highest BCUT2D eigenvalue weighted by Crippen LogP contribution is 2.22. The summed E-state index contributed by atoms with van der Waals surface area (Å²) in [6, 6.07) is 14.7. The average Bonchev–Trinajstić information content (AvgIpc) is 2.72. The van der Waals surface area contributed by atoms with Crippen LogP contribution in [0.3, 0.4) is 0 Å². The highest BCUT2D eigenvalue weighted by molar-refractivity contribution is 5.60. The zero-order chi connectivity index (χ0) is 10.7. The van der Waals surface area contributed by atoms with Crippen LogP contribution in [-0.2, 0) is 13.1 Å². The van der Waals surface area contributed by atoms with E-state index in [2.05, 4.69) is 47.9 Å². The Morgan fingerprint density at radius 1 is 1.07 bits per heavy atom. The summed E-state index contributed by atoms with van der Waals surface area (Å²) in [4.78, 5) is 0. The highest BCUT2D eigenvalue weighted by Gasteiger charge is 2.06. The van der Waals surface area contributed by atoms with Crippen LogP contribution in [0.5, 0.6) is 0 Å². The van der Waals surface area contributed by atoms with Crippen LogP contribution in [0, 0.1) is 0 Å². The molecule has 0 bridgehead atoms. The lowest BCUT2D eigenvalue weighted by atomic mass is 10.1. The van der Waals surface area contributed by atoms with Crippen LogP contribution < -0.4 is 5.73 Å². The van der Waals surface area contributed by atoms with Crippen molar-refractivity contribution in [2.45, 2.75) is 20.0 Å². The standard InChI is InChI=1S/C13H16N2/c1-2-15-12(10-14)8-9-13(15)11-6-4-3-5-7-11/h3-9H,2,10,14H2,1H3. The number of hydrogen-bond donors (Lipinski definition) is 1. The molecule has 1 aromatic heterocycles. The van der Waals surface area contributed by atoms with Crippen molar-refractivity contribution in [1.82, 2.24) is 4.57 Å². The Kier molecular flexibility index (Phi) is 2.88. The summed E-state index contributed by atoms with van der Waals surface area (Å²) in [5, 5.41) is 0. The Labute approximate surface area is 90.3 Å². The van der Waals surface area contributed by atoms with Gasteiger partial charge in [-0.3, -0.25) is 0 Å². The van der Waals surface area contributed by atoms with Gasteiger partial charge >= 0.3 is 0 Å². The molecule has 2 rings (SSSR count). The van der Waals surface area contributed by atoms with E-state index in [1.165, 1.54) is 17.0 Å². The molecule has 15 heavy (non-hydrogen) atoms. The average molecular weight is 200 g/mol. The normalized spacial score (nSPS) is 10.5. The third-order valence-corrected chi connectivity index (χ3v) is 2.67. The molecule has 0 spiro atoms. The van der Waals surface area contributed by atoms with Gasteiger partial charge in [-0.05, 0) is 24.6 Å². The molecule has 2 heteroatoms. The topological polar surface area (TPSA) is 30.9 Å². The minimum absolute atomic E-state index is 0.598. The zero-order valence-corrected chi connectivity index (χ0v) is 8.98. The molecule has 0 saturated carbocycles. The van der Waals surface area contributed by atoms with E-state index >= 15 is 0 Å². The fourth-order valence-corrected chi connectivity index (χ4v) is 1.92. The Balaban J connectivity index is 2.49. The second-order valence-electron chi connectivity index (χ2n) is 3.52. The van der Waals surface area contributed by atoms with Crippen molar-refractivity contribution in [3.63, 3.8) is 0 Å². The minimum Gasteiger partial charge on any atom is -0.344 e. The quantitative estimate of drug-likeness (QED) is 0.811. The number of hydrogen-bond acceptors (Lipinski definition) is 1. The lowest BCUT2D eigenvalue weighted by Crippen LogP contribution is -2.06. The molecule has 0 fully saturated rings. The Hall–Kier alpha value is -1.54. The highest BCUT2D eigenvalue weighted by atomic mass is 15.0. The summed E-state index contributed by atoms with van der Waals surface area (Å²) in [6.45, 7) is 3.70. The van der Waals surface area contributed by atoms with Crippen molar-refractivity contribution in [3.05, 3.63) is 48.2 Å². The predicted octanol–water partition coefficient (Wildman–Crippen LogP) is 2.63. The van der Waals surface area contributed by atoms with Gasteiger partial charge in [0, 0.05) is 24.5 Å². The van der Waals surface area contributed by atoms with Crippen LogP contribution in [0.15, 0.2) is 42.5 Å². The van der Waals surface area contributed by atoms with E-state index in [-0.39, 0.29) is 0 Å². The van der Waals surface area contributed by atoms with Crippen molar-refractivity contribution in [2.24, 2.45) is 5.73 Å². The molecule has 78 valence electrons. The van der Waals surface area contributed by atoms with Gasteiger partial charge in [-0.1, -0.05) is 30.3 Å². The van der Waals surface area contributed by atoms with E-state index in [4.69, 9.17) is 5.73 Å². The molecule has 2 aromatic rings. The van der Waals surface area contributed by atoms with Gasteiger partial charge in [-0.2, -0.15) is 0 Å². The first-order valence-electron chi connectivity index (χ1n) is 5.30. The summed E-state index contributed by atoms with van der Waals surface area (Å²) in [5.41, 5.74) is 9.39. The molecule has 0 aliphatic heterocycles. The molecule has 0 aliphatic rings.